The van der Waals surface area contributed by atoms with Gasteiger partial charge in [-0.15, -0.1) is 10.2 Å². The number of carbonyl (C=O) groups excluding carboxylic acids is 1. The summed E-state index contributed by atoms with van der Waals surface area (Å²) in [5, 5.41) is 12.9. The summed E-state index contributed by atoms with van der Waals surface area (Å²) in [5.74, 6) is 0.928. The Morgan fingerprint density at radius 1 is 0.967 bits per heavy atom. The number of benzene rings is 1. The Balaban J connectivity index is 1.45. The van der Waals surface area contributed by atoms with Gasteiger partial charge in [0.15, 0.2) is 11.0 Å². The molecule has 2 aromatic heterocycles. The van der Waals surface area contributed by atoms with E-state index in [1.165, 1.54) is 24.8 Å². The van der Waals surface area contributed by atoms with E-state index in [1.807, 2.05) is 30.3 Å². The molecule has 3 heterocycles. The highest BCUT2D eigenvalue weighted by atomic mass is 32.2. The standard InChI is InChI=1S/C23H25N5OS/c29-22-20(11-10-16-6-4-5-9-19(16)25-22)30-23-27-26-21(17-12-14-24-15-13-17)28(23)18-7-2-1-3-8-18/h4-6,9,12-15,18,20H,1-3,7-8,10-11H2,(H,25,29). The molecule has 30 heavy (non-hydrogen) atoms. The van der Waals surface area contributed by atoms with Gasteiger partial charge in [-0.25, -0.2) is 0 Å². The highest BCUT2D eigenvalue weighted by molar-refractivity contribution is 8.00. The maximum atomic E-state index is 12.9. The van der Waals surface area contributed by atoms with Crippen molar-refractivity contribution >= 4 is 23.4 Å². The maximum Gasteiger partial charge on any atom is 0.237 e. The number of pyridine rings is 1. The van der Waals surface area contributed by atoms with Crippen LogP contribution in [0, 0.1) is 0 Å². The third-order valence-electron chi connectivity index (χ3n) is 6.03. The summed E-state index contributed by atoms with van der Waals surface area (Å²) in [6.45, 7) is 0. The molecule has 1 atom stereocenters. The van der Waals surface area contributed by atoms with Gasteiger partial charge in [-0.1, -0.05) is 49.2 Å². The summed E-state index contributed by atoms with van der Waals surface area (Å²) < 4.78 is 2.28. The second-order valence-electron chi connectivity index (χ2n) is 8.00. The number of rotatable bonds is 4. The van der Waals surface area contributed by atoms with Crippen LogP contribution in [0.3, 0.4) is 0 Å². The molecule has 5 rings (SSSR count). The van der Waals surface area contributed by atoms with Crippen molar-refractivity contribution in [1.29, 1.82) is 0 Å². The third-order valence-corrected chi connectivity index (χ3v) is 7.26. The molecule has 0 radical (unpaired) electrons. The third kappa shape index (κ3) is 3.86. The number of amides is 1. The first kappa shape index (κ1) is 19.3. The molecule has 3 aromatic rings. The fourth-order valence-electron chi connectivity index (χ4n) is 4.45. The zero-order valence-electron chi connectivity index (χ0n) is 16.8. The number of carbonyl (C=O) groups is 1. The SMILES string of the molecule is O=C1Nc2ccccc2CCC1Sc1nnc(-c2ccncc2)n1C1CCCCC1. The van der Waals surface area contributed by atoms with E-state index in [1.54, 1.807) is 24.2 Å². The molecule has 1 aliphatic carbocycles. The smallest absolute Gasteiger partial charge is 0.237 e. The Morgan fingerprint density at radius 2 is 1.77 bits per heavy atom. The number of hydrogen-bond acceptors (Lipinski definition) is 5. The van der Waals surface area contributed by atoms with Crippen LogP contribution in [0.2, 0.25) is 0 Å². The number of aryl methyl sites for hydroxylation is 1. The van der Waals surface area contributed by atoms with E-state index >= 15 is 0 Å². The fraction of sp³-hybridized carbons (Fsp3) is 0.391. The molecule has 1 aromatic carbocycles. The molecule has 0 saturated heterocycles. The fourth-order valence-corrected chi connectivity index (χ4v) is 5.55. The van der Waals surface area contributed by atoms with Crippen molar-refractivity contribution < 1.29 is 4.79 Å². The Morgan fingerprint density at radius 3 is 2.60 bits per heavy atom. The van der Waals surface area contributed by atoms with Crippen LogP contribution in [0.5, 0.6) is 0 Å². The molecule has 1 N–H and O–H groups in total. The summed E-state index contributed by atoms with van der Waals surface area (Å²) in [6, 6.07) is 12.4. The van der Waals surface area contributed by atoms with E-state index in [0.29, 0.717) is 6.04 Å². The number of aromatic nitrogens is 4. The average Bonchev–Trinajstić information content (AvgIpc) is 3.14. The normalized spacial score (nSPS) is 19.7. The van der Waals surface area contributed by atoms with Gasteiger partial charge in [0.1, 0.15) is 0 Å². The molecule has 6 nitrogen and oxygen atoms in total. The van der Waals surface area contributed by atoms with Gasteiger partial charge < -0.3 is 5.32 Å². The van der Waals surface area contributed by atoms with Gasteiger partial charge >= 0.3 is 0 Å². The Hall–Kier alpha value is -2.67. The van der Waals surface area contributed by atoms with E-state index < -0.39 is 0 Å². The molecule has 2 aliphatic rings. The largest absolute Gasteiger partial charge is 0.325 e. The lowest BCUT2D eigenvalue weighted by Crippen LogP contribution is -2.24. The van der Waals surface area contributed by atoms with E-state index in [0.717, 1.165) is 47.9 Å². The first-order chi connectivity index (χ1) is 14.8. The van der Waals surface area contributed by atoms with Gasteiger partial charge in [-0.2, -0.15) is 0 Å². The summed E-state index contributed by atoms with van der Waals surface area (Å²) in [6.07, 6.45) is 11.2. The Kier molecular flexibility index (Phi) is 5.53. The van der Waals surface area contributed by atoms with E-state index in [2.05, 4.69) is 31.1 Å². The number of fused-ring (bicyclic) bond motifs is 1. The first-order valence-electron chi connectivity index (χ1n) is 10.7. The van der Waals surface area contributed by atoms with E-state index in [9.17, 15) is 4.79 Å². The summed E-state index contributed by atoms with van der Waals surface area (Å²) >= 11 is 1.55. The maximum absolute atomic E-state index is 12.9. The molecule has 1 unspecified atom stereocenters. The summed E-state index contributed by atoms with van der Waals surface area (Å²) in [7, 11) is 0. The average molecular weight is 420 g/mol. The van der Waals surface area contributed by atoms with Gasteiger partial charge in [-0.3, -0.25) is 14.3 Å². The zero-order chi connectivity index (χ0) is 20.3. The quantitative estimate of drug-likeness (QED) is 0.652. The van der Waals surface area contributed by atoms with Gasteiger partial charge in [-0.05, 0) is 49.4 Å². The molecular weight excluding hydrogens is 394 g/mol. The lowest BCUT2D eigenvalue weighted by atomic mass is 9.95. The first-order valence-corrected chi connectivity index (χ1v) is 11.6. The lowest BCUT2D eigenvalue weighted by Gasteiger charge is -2.26. The predicted octanol–water partition coefficient (Wildman–Crippen LogP) is 4.89. The van der Waals surface area contributed by atoms with Crippen molar-refractivity contribution in [2.75, 3.05) is 5.32 Å². The van der Waals surface area contributed by atoms with Gasteiger partial charge in [0.05, 0.1) is 5.25 Å². The number of anilines is 1. The van der Waals surface area contributed by atoms with Crippen LogP contribution in [-0.2, 0) is 11.2 Å². The molecule has 0 spiro atoms. The van der Waals surface area contributed by atoms with Crippen LogP contribution in [0.15, 0.2) is 53.9 Å². The number of para-hydroxylation sites is 1. The van der Waals surface area contributed by atoms with Gasteiger partial charge in [0.25, 0.3) is 0 Å². The van der Waals surface area contributed by atoms with Crippen molar-refractivity contribution in [3.8, 4) is 11.4 Å². The monoisotopic (exact) mass is 419 g/mol. The van der Waals surface area contributed by atoms with Gasteiger partial charge in [0.2, 0.25) is 5.91 Å². The van der Waals surface area contributed by atoms with Crippen LogP contribution in [0.25, 0.3) is 11.4 Å². The number of thioether (sulfide) groups is 1. The number of nitrogens with zero attached hydrogens (tertiary/aromatic N) is 4. The van der Waals surface area contributed by atoms with Gasteiger partial charge in [0, 0.05) is 29.7 Å². The molecule has 1 fully saturated rings. The second kappa shape index (κ2) is 8.60. The van der Waals surface area contributed by atoms with Crippen LogP contribution in [0.4, 0.5) is 5.69 Å². The molecule has 1 amide bonds. The molecule has 1 saturated carbocycles. The molecule has 7 heteroatoms. The Bertz CT molecular complexity index is 1030. The molecule has 0 bridgehead atoms. The molecule has 1 aliphatic heterocycles. The van der Waals surface area contributed by atoms with E-state index in [4.69, 9.17) is 0 Å². The van der Waals surface area contributed by atoms with Crippen LogP contribution in [-0.4, -0.2) is 30.9 Å². The minimum atomic E-state index is -0.186. The zero-order valence-corrected chi connectivity index (χ0v) is 17.6. The highest BCUT2D eigenvalue weighted by Crippen LogP contribution is 2.38. The van der Waals surface area contributed by atoms with Crippen LogP contribution in [0.1, 0.15) is 50.1 Å². The molecular formula is C23H25N5OS. The van der Waals surface area contributed by atoms with Crippen molar-refractivity contribution in [2.24, 2.45) is 0 Å². The van der Waals surface area contributed by atoms with Crippen molar-refractivity contribution in [2.45, 2.75) is 61.4 Å². The minimum absolute atomic E-state index is 0.0496. The number of nitrogens with one attached hydrogen (secondary N) is 1. The van der Waals surface area contributed by atoms with Crippen LogP contribution < -0.4 is 5.32 Å². The minimum Gasteiger partial charge on any atom is -0.325 e. The highest BCUT2D eigenvalue weighted by Gasteiger charge is 2.30. The van der Waals surface area contributed by atoms with Crippen molar-refractivity contribution in [3.05, 3.63) is 54.4 Å². The molecule has 154 valence electrons. The summed E-state index contributed by atoms with van der Waals surface area (Å²) in [5.41, 5.74) is 3.14. The Labute approximate surface area is 180 Å². The van der Waals surface area contributed by atoms with Crippen molar-refractivity contribution in [1.82, 2.24) is 19.7 Å². The summed E-state index contributed by atoms with van der Waals surface area (Å²) in [4.78, 5) is 17.1. The topological polar surface area (TPSA) is 72.7 Å². The second-order valence-corrected chi connectivity index (χ2v) is 9.17. The predicted molar refractivity (Wildman–Crippen MR) is 118 cm³/mol. The van der Waals surface area contributed by atoms with E-state index in [-0.39, 0.29) is 11.2 Å². The van der Waals surface area contributed by atoms with Crippen molar-refractivity contribution in [3.63, 3.8) is 0 Å². The lowest BCUT2D eigenvalue weighted by molar-refractivity contribution is -0.115. The van der Waals surface area contributed by atoms with Crippen LogP contribution >= 0.6 is 11.8 Å². The number of hydrogen-bond donors (Lipinski definition) is 1.